The molecule has 30 nitrogen and oxygen atoms in total. The fraction of sp³-hybridized carbons (Fsp3) is 0.233. The number of amides is 6. The number of nitrogens with zero attached hydrogens (tertiary/aromatic N) is 12. The molecule has 10 aliphatic rings. The fourth-order valence-corrected chi connectivity index (χ4v) is 18.3. The zero-order valence-corrected chi connectivity index (χ0v) is 82.6. The van der Waals surface area contributed by atoms with Crippen molar-refractivity contribution in [3.8, 4) is 79.8 Å². The van der Waals surface area contributed by atoms with Crippen LogP contribution in [-0.4, -0.2) is 168 Å². The molecule has 0 saturated heterocycles. The van der Waals surface area contributed by atoms with Gasteiger partial charge < -0.3 is 51.0 Å². The molecule has 0 radical (unpaired) electrons. The van der Waals surface area contributed by atoms with Crippen LogP contribution in [0.5, 0.6) is 11.5 Å². The number of hydrogen-bond acceptors (Lipinski definition) is 20. The molecule has 30 heteroatoms. The molecule has 2 fully saturated rings. The summed E-state index contributed by atoms with van der Waals surface area (Å²) >= 11 is 0. The first-order valence-electron chi connectivity index (χ1n) is 50.9. The lowest BCUT2D eigenvalue weighted by Gasteiger charge is -2.19. The van der Waals surface area contributed by atoms with E-state index in [1.54, 1.807) is 106 Å². The standard InChI is InChI=1S/C32H31N5O5.C32H31N5O3.C28H26N4O2.C28H24N4O2/c38-29(32(40)34-23-10-11-23)28-19-21-8-12-24(13-9-21)41-17-1-2-18-42-25-6-3-5-22(20-25)27-14-16-37(36-27)30-26(31(39)35-28)7-4-15-33-30;38-29(32(40)34-25-14-15-25)28-20-23-12-10-21(11-13-23)5-1-2-6-22-7-3-8-24(19-22)27-16-18-37(36-27)30-26(31(39)35-28)9-4-17-33-30;2*33-19-24-18-22-12-10-20(11-13-22)5-1-2-6-21-7-3-8-23(17-21)26-14-16-32(31-26)27-25(28(34)30-24)9-4-15-29-27/h3-9,12-16,20,23,28H,1-2,10-11,17-19H2,(H,34,40)(H,35,39);3-4,7-13,16-19,25,28H,1-2,5-6,14-15,20H2,(H,34,40)(H,35,39);3-4,7-17,19,24H,1-2,5-6,18H2,(H,30,34);1-4,7-17,19,24H,5-6,18H2,(H,30,34)/t2*28-;2*24-/m0000/s1. The van der Waals surface area contributed by atoms with Crippen LogP contribution >= 0.6 is 0 Å². The van der Waals surface area contributed by atoms with Crippen molar-refractivity contribution in [2.45, 2.75) is 165 Å². The highest BCUT2D eigenvalue weighted by atomic mass is 16.5. The number of benzene rings is 8. The molecule has 0 spiro atoms. The van der Waals surface area contributed by atoms with Gasteiger partial charge in [-0.15, -0.1) is 0 Å². The van der Waals surface area contributed by atoms with Gasteiger partial charge in [0.05, 0.1) is 70.3 Å². The first kappa shape index (κ1) is 101. The van der Waals surface area contributed by atoms with Crippen molar-refractivity contribution >= 4 is 59.6 Å². The Labute approximate surface area is 867 Å². The molecule has 16 heterocycles. The number of fused-ring (bicyclic) bond motifs is 33. The fourth-order valence-electron chi connectivity index (χ4n) is 18.3. The number of aldehydes is 2. The Hall–Kier alpha value is -18.0. The smallest absolute Gasteiger partial charge is 0.289 e. The van der Waals surface area contributed by atoms with Gasteiger partial charge in [0.25, 0.3) is 35.4 Å². The number of carbonyl (C=O) groups is 10. The quantitative estimate of drug-likeness (QED) is 0.0467. The number of hydrogen-bond donors (Lipinski definition) is 6. The minimum Gasteiger partial charge on any atom is -0.494 e. The molecule has 4 atom stereocenters. The van der Waals surface area contributed by atoms with Gasteiger partial charge in [0.2, 0.25) is 11.6 Å². The van der Waals surface area contributed by atoms with Gasteiger partial charge in [-0.05, 0) is 286 Å². The van der Waals surface area contributed by atoms with Crippen molar-refractivity contribution in [1.29, 1.82) is 0 Å². The van der Waals surface area contributed by atoms with Gasteiger partial charge in [0.1, 0.15) is 36.2 Å². The number of pyridine rings is 4. The van der Waals surface area contributed by atoms with E-state index in [1.165, 1.54) is 38.1 Å². The minimum absolute atomic E-state index is 0.0146. The molecular formula is C120H112N18O12. The second-order valence-corrected chi connectivity index (χ2v) is 38.0. The zero-order chi connectivity index (χ0) is 103. The third-order valence-electron chi connectivity index (χ3n) is 26.7. The number of rotatable bonds is 8. The van der Waals surface area contributed by atoms with E-state index in [1.807, 2.05) is 146 Å². The molecule has 6 amide bonds. The number of ether oxygens (including phenoxy) is 2. The highest BCUT2D eigenvalue weighted by Gasteiger charge is 2.36. The molecular weight excluding hydrogens is 1890 g/mol. The second kappa shape index (κ2) is 48.4. The maximum absolute atomic E-state index is 13.6. The summed E-state index contributed by atoms with van der Waals surface area (Å²) in [4.78, 5) is 147. The zero-order valence-electron chi connectivity index (χ0n) is 82.6. The van der Waals surface area contributed by atoms with E-state index in [2.05, 4.69) is 153 Å². The maximum Gasteiger partial charge on any atom is 0.289 e. The highest BCUT2D eigenvalue weighted by molar-refractivity contribution is 6.39. The first-order chi connectivity index (χ1) is 73.4. The van der Waals surface area contributed by atoms with E-state index >= 15 is 0 Å². The molecule has 8 aromatic heterocycles. The van der Waals surface area contributed by atoms with E-state index in [-0.39, 0.29) is 47.9 Å². The Kier molecular flexibility index (Phi) is 32.5. The summed E-state index contributed by atoms with van der Waals surface area (Å²) in [5.41, 5.74) is 19.2. The number of ketones is 2. The van der Waals surface area contributed by atoms with Gasteiger partial charge in [-0.1, -0.05) is 164 Å². The van der Waals surface area contributed by atoms with Crippen LogP contribution in [0, 0.1) is 0 Å². The van der Waals surface area contributed by atoms with E-state index in [0.717, 1.165) is 183 Å². The van der Waals surface area contributed by atoms with Crippen molar-refractivity contribution in [2.75, 3.05) is 13.2 Å². The van der Waals surface area contributed by atoms with E-state index < -0.39 is 59.4 Å². The third-order valence-corrected chi connectivity index (χ3v) is 26.7. The number of Topliss-reactive ketones (excluding diaryl/α,β-unsaturated/α-hetero) is 2. The van der Waals surface area contributed by atoms with Crippen LogP contribution in [0.25, 0.3) is 68.3 Å². The van der Waals surface area contributed by atoms with Gasteiger partial charge >= 0.3 is 0 Å². The topological polar surface area (TPSA) is 384 Å². The largest absolute Gasteiger partial charge is 0.494 e. The van der Waals surface area contributed by atoms with Gasteiger partial charge in [-0.3, -0.25) is 38.4 Å². The monoisotopic (exact) mass is 2000 g/mol. The van der Waals surface area contributed by atoms with Crippen molar-refractivity contribution in [3.05, 3.63) is 407 Å². The Balaban J connectivity index is 0.000000126. The third kappa shape index (κ3) is 26.5. The summed E-state index contributed by atoms with van der Waals surface area (Å²) in [6.45, 7) is 1.09. The van der Waals surface area contributed by atoms with Crippen LogP contribution in [0.4, 0.5) is 0 Å². The average molecular weight is 2000 g/mol. The van der Waals surface area contributed by atoms with E-state index in [4.69, 9.17) is 19.7 Å². The van der Waals surface area contributed by atoms with Crippen molar-refractivity contribution in [3.63, 3.8) is 0 Å². The van der Waals surface area contributed by atoms with Crippen molar-refractivity contribution in [2.24, 2.45) is 0 Å². The lowest BCUT2D eigenvalue weighted by Crippen LogP contribution is -2.49. The molecule has 6 N–H and O–H groups in total. The summed E-state index contributed by atoms with van der Waals surface area (Å²) < 4.78 is 18.2. The summed E-state index contributed by atoms with van der Waals surface area (Å²) in [6.07, 6.45) is 35.7. The number of aromatic nitrogens is 12. The number of nitrogens with one attached hydrogen (secondary N) is 6. The second-order valence-electron chi connectivity index (χ2n) is 38.0. The van der Waals surface area contributed by atoms with Crippen LogP contribution in [-0.2, 0) is 93.0 Å². The van der Waals surface area contributed by atoms with Crippen molar-refractivity contribution < 1.29 is 57.4 Å². The van der Waals surface area contributed by atoms with Crippen LogP contribution < -0.4 is 41.4 Å². The van der Waals surface area contributed by atoms with E-state index in [0.29, 0.717) is 71.9 Å². The van der Waals surface area contributed by atoms with Crippen LogP contribution in [0.1, 0.15) is 161 Å². The van der Waals surface area contributed by atoms with Gasteiger partial charge in [-0.25, -0.2) is 38.7 Å². The van der Waals surface area contributed by atoms with Gasteiger partial charge in [0.15, 0.2) is 23.3 Å². The molecule has 754 valence electrons. The SMILES string of the molecule is O=C(NC1CC1)C(=O)[C@@H]1Cc2ccc(cc2)CCCCc2cccc(c2)-c2ccn(n2)-c2ncccc2C(=O)N1.O=C(NC1CC1)C(=O)[C@@H]1Cc2ccc(cc2)OCCCCOc2cccc(c2)-c2ccn(n2)-c2ncccc2C(=O)N1.O=C[C@@H]1Cc2ccc(cc2)CC=CCc2cccc(c2)-c2ccn(n2)-c2ncccc2C(=O)N1.O=C[C@@H]1Cc2ccc(cc2)CCCCc2cccc(c2)-c2ccn(n2)-c2ncccc2C(=O)N1. The molecule has 2 aliphatic carbocycles. The molecule has 150 heavy (non-hydrogen) atoms. The molecule has 8 aliphatic heterocycles. The number of aryl methyl sites for hydroxylation is 4. The lowest BCUT2D eigenvalue weighted by molar-refractivity contribution is -0.139. The predicted molar refractivity (Wildman–Crippen MR) is 567 cm³/mol. The molecule has 8 aromatic carbocycles. The van der Waals surface area contributed by atoms with Crippen LogP contribution in [0.3, 0.4) is 0 Å². The van der Waals surface area contributed by atoms with Gasteiger partial charge in [0, 0.05) is 96.8 Å². The highest BCUT2D eigenvalue weighted by Crippen LogP contribution is 2.32. The normalized spacial score (nSPS) is 16.8. The number of carbonyl (C=O) groups excluding carboxylic acids is 10. The summed E-state index contributed by atoms with van der Waals surface area (Å²) in [7, 11) is 0. The average Bonchev–Trinajstić information content (AvgIpc) is 1.65. The molecule has 16 aromatic rings. The van der Waals surface area contributed by atoms with Crippen LogP contribution in [0.2, 0.25) is 0 Å². The molecule has 26 rings (SSSR count). The lowest BCUT2D eigenvalue weighted by atomic mass is 9.98. The van der Waals surface area contributed by atoms with Crippen molar-refractivity contribution in [1.82, 2.24) is 91.0 Å². The summed E-state index contributed by atoms with van der Waals surface area (Å²) in [6, 6.07) is 82.3. The Bertz CT molecular complexity index is 7590. The maximum atomic E-state index is 13.6. The van der Waals surface area contributed by atoms with E-state index in [9.17, 15) is 47.9 Å². The molecule has 24 bridgehead atoms. The minimum atomic E-state index is -1.08. The Morgan fingerprint density at radius 2 is 0.620 bits per heavy atom. The summed E-state index contributed by atoms with van der Waals surface area (Å²) in [5.74, 6) is -1.55. The predicted octanol–water partition coefficient (Wildman–Crippen LogP) is 16.2. The van der Waals surface area contributed by atoms with Gasteiger partial charge in [-0.2, -0.15) is 20.4 Å². The molecule has 2 saturated carbocycles. The van der Waals surface area contributed by atoms with Crippen LogP contribution in [0.15, 0.2) is 329 Å². The summed E-state index contributed by atoms with van der Waals surface area (Å²) in [5, 5.41) is 35.6. The Morgan fingerprint density at radius 1 is 0.307 bits per heavy atom. The Morgan fingerprint density at radius 3 is 1.00 bits per heavy atom. The molecule has 0 unspecified atom stereocenters. The first-order valence-corrected chi connectivity index (χ1v) is 50.9. The number of allylic oxidation sites excluding steroid dienone is 2.